The van der Waals surface area contributed by atoms with Gasteiger partial charge in [0, 0.05) is 6.42 Å². The van der Waals surface area contributed by atoms with Gasteiger partial charge in [-0.15, -0.1) is 0 Å². The average Bonchev–Trinajstić information content (AvgIpc) is 2.26. The quantitative estimate of drug-likeness (QED) is 0.536. The number of hydrogen-bond acceptors (Lipinski definition) is 2. The lowest BCUT2D eigenvalue weighted by Gasteiger charge is -2.24. The molecule has 2 heteroatoms. The number of unbranched alkanes of at least 4 members (excludes halogenated alkanes) is 2. The van der Waals surface area contributed by atoms with Crippen LogP contribution >= 0.6 is 0 Å². The van der Waals surface area contributed by atoms with Gasteiger partial charge in [0.2, 0.25) is 0 Å². The maximum atomic E-state index is 8.52. The van der Waals surface area contributed by atoms with Crippen LogP contribution in [0.1, 0.15) is 59.8 Å². The van der Waals surface area contributed by atoms with E-state index in [-0.39, 0.29) is 0 Å². The first-order valence-electron chi connectivity index (χ1n) is 7.15. The normalized spacial score (nSPS) is 11.4. The molecule has 0 N–H and O–H groups in total. The fourth-order valence-electron chi connectivity index (χ4n) is 1.76. The van der Waals surface area contributed by atoms with Gasteiger partial charge in [0.15, 0.2) is 0 Å². The molecule has 0 heterocycles. The van der Waals surface area contributed by atoms with Gasteiger partial charge in [-0.25, -0.2) is 0 Å². The maximum Gasteiger partial charge on any atom is 0.0621 e. The Morgan fingerprint density at radius 3 is 1.82 bits per heavy atom. The Hall–Kier alpha value is -0.550. The monoisotopic (exact) mass is 238 g/mol. The molecule has 0 aromatic heterocycles. The van der Waals surface area contributed by atoms with Crippen molar-refractivity contribution < 1.29 is 0 Å². The Balaban J connectivity index is 3.80. The van der Waals surface area contributed by atoms with Crippen molar-refractivity contribution in [3.05, 3.63) is 0 Å². The van der Waals surface area contributed by atoms with Gasteiger partial charge < -0.3 is 4.90 Å². The highest BCUT2D eigenvalue weighted by molar-refractivity contribution is 4.69. The van der Waals surface area contributed by atoms with Gasteiger partial charge in [0.1, 0.15) is 0 Å². The van der Waals surface area contributed by atoms with Crippen molar-refractivity contribution in [2.45, 2.75) is 59.8 Å². The average molecular weight is 238 g/mol. The van der Waals surface area contributed by atoms with Crippen molar-refractivity contribution in [2.24, 2.45) is 11.8 Å². The molecule has 0 spiro atoms. The van der Waals surface area contributed by atoms with E-state index in [1.54, 1.807) is 0 Å². The minimum atomic E-state index is 0.711. The van der Waals surface area contributed by atoms with Crippen LogP contribution in [0.3, 0.4) is 0 Å². The molecule has 0 atom stereocenters. The van der Waals surface area contributed by atoms with Crippen LogP contribution in [0.4, 0.5) is 0 Å². The molecular weight excluding hydrogens is 208 g/mol. The summed E-state index contributed by atoms with van der Waals surface area (Å²) in [7, 11) is 0. The molecule has 0 aliphatic rings. The van der Waals surface area contributed by atoms with Crippen LogP contribution in [-0.4, -0.2) is 24.5 Å². The SMILES string of the molecule is CC(C)CCN(CCCCC#N)CCC(C)C. The predicted octanol–water partition coefficient (Wildman–Crippen LogP) is 4.07. The first kappa shape index (κ1) is 16.4. The fourth-order valence-corrected chi connectivity index (χ4v) is 1.76. The van der Waals surface area contributed by atoms with Crippen LogP contribution in [0.15, 0.2) is 0 Å². The van der Waals surface area contributed by atoms with E-state index in [9.17, 15) is 0 Å². The Labute approximate surface area is 108 Å². The molecule has 0 saturated carbocycles. The summed E-state index contributed by atoms with van der Waals surface area (Å²) in [5.41, 5.74) is 0. The molecule has 0 amide bonds. The van der Waals surface area contributed by atoms with E-state index >= 15 is 0 Å². The van der Waals surface area contributed by atoms with Gasteiger partial charge in [0.25, 0.3) is 0 Å². The molecular formula is C15H30N2. The zero-order valence-corrected chi connectivity index (χ0v) is 12.2. The van der Waals surface area contributed by atoms with Gasteiger partial charge in [-0.05, 0) is 57.2 Å². The summed E-state index contributed by atoms with van der Waals surface area (Å²) in [6.07, 6.45) is 5.51. The lowest BCUT2D eigenvalue weighted by atomic mass is 10.1. The first-order valence-corrected chi connectivity index (χ1v) is 7.15. The molecule has 100 valence electrons. The number of hydrogen-bond donors (Lipinski definition) is 0. The van der Waals surface area contributed by atoms with Crippen molar-refractivity contribution in [3.8, 4) is 6.07 Å². The van der Waals surface area contributed by atoms with E-state index in [2.05, 4.69) is 38.7 Å². The highest BCUT2D eigenvalue weighted by Gasteiger charge is 2.06. The van der Waals surface area contributed by atoms with Crippen LogP contribution in [0.5, 0.6) is 0 Å². The van der Waals surface area contributed by atoms with Crippen molar-refractivity contribution in [3.63, 3.8) is 0 Å². The third-order valence-electron chi connectivity index (χ3n) is 3.06. The van der Waals surface area contributed by atoms with Crippen molar-refractivity contribution in [1.82, 2.24) is 4.90 Å². The second kappa shape index (κ2) is 10.6. The van der Waals surface area contributed by atoms with E-state index in [0.29, 0.717) is 6.42 Å². The van der Waals surface area contributed by atoms with Crippen LogP contribution in [0, 0.1) is 23.2 Å². The molecule has 0 aromatic rings. The van der Waals surface area contributed by atoms with Gasteiger partial charge in [-0.1, -0.05) is 27.7 Å². The molecule has 0 aromatic carbocycles. The Bertz CT molecular complexity index is 191. The van der Waals surface area contributed by atoms with E-state index in [0.717, 1.165) is 18.3 Å². The highest BCUT2D eigenvalue weighted by atomic mass is 15.1. The van der Waals surface area contributed by atoms with E-state index in [1.807, 2.05) is 0 Å². The van der Waals surface area contributed by atoms with Crippen molar-refractivity contribution in [2.75, 3.05) is 19.6 Å². The van der Waals surface area contributed by atoms with Gasteiger partial charge >= 0.3 is 0 Å². The van der Waals surface area contributed by atoms with Gasteiger partial charge in [0.05, 0.1) is 6.07 Å². The molecule has 0 radical (unpaired) electrons. The second-order valence-corrected chi connectivity index (χ2v) is 5.82. The topological polar surface area (TPSA) is 27.0 Å². The third kappa shape index (κ3) is 11.7. The lowest BCUT2D eigenvalue weighted by Crippen LogP contribution is -2.28. The van der Waals surface area contributed by atoms with Gasteiger partial charge in [-0.3, -0.25) is 0 Å². The molecule has 0 aliphatic carbocycles. The van der Waals surface area contributed by atoms with E-state index < -0.39 is 0 Å². The largest absolute Gasteiger partial charge is 0.303 e. The van der Waals surface area contributed by atoms with Crippen LogP contribution in [-0.2, 0) is 0 Å². The fraction of sp³-hybridized carbons (Fsp3) is 0.933. The zero-order chi connectivity index (χ0) is 13.1. The standard InChI is InChI=1S/C15H30N2/c1-14(2)8-12-17(13-9-15(3)4)11-7-5-6-10-16/h14-15H,5-9,11-13H2,1-4H3. The molecule has 0 unspecified atom stereocenters. The molecule has 17 heavy (non-hydrogen) atoms. The van der Waals surface area contributed by atoms with Gasteiger partial charge in [-0.2, -0.15) is 5.26 Å². The van der Waals surface area contributed by atoms with Crippen LogP contribution < -0.4 is 0 Å². The summed E-state index contributed by atoms with van der Waals surface area (Å²) in [4.78, 5) is 2.58. The smallest absolute Gasteiger partial charge is 0.0621 e. The predicted molar refractivity (Wildman–Crippen MR) is 74.8 cm³/mol. The summed E-state index contributed by atoms with van der Waals surface area (Å²) in [5.74, 6) is 1.58. The van der Waals surface area contributed by atoms with Crippen LogP contribution in [0.2, 0.25) is 0 Å². The summed E-state index contributed by atoms with van der Waals surface area (Å²) in [6, 6.07) is 2.22. The van der Waals surface area contributed by atoms with Crippen molar-refractivity contribution in [1.29, 1.82) is 5.26 Å². The van der Waals surface area contributed by atoms with Crippen molar-refractivity contribution >= 4 is 0 Å². The number of rotatable bonds is 10. The first-order chi connectivity index (χ1) is 8.06. The summed E-state index contributed by atoms with van der Waals surface area (Å²) in [6.45, 7) is 12.8. The molecule has 0 rings (SSSR count). The minimum absolute atomic E-state index is 0.711. The minimum Gasteiger partial charge on any atom is -0.303 e. The van der Waals surface area contributed by atoms with E-state index in [1.165, 1.54) is 38.9 Å². The highest BCUT2D eigenvalue weighted by Crippen LogP contribution is 2.08. The Kier molecular flexibility index (Phi) is 10.3. The number of nitrogens with zero attached hydrogens (tertiary/aromatic N) is 2. The Morgan fingerprint density at radius 2 is 1.41 bits per heavy atom. The second-order valence-electron chi connectivity index (χ2n) is 5.82. The summed E-state index contributed by atoms with van der Waals surface area (Å²) in [5, 5.41) is 8.52. The maximum absolute atomic E-state index is 8.52. The molecule has 0 aliphatic heterocycles. The Morgan fingerprint density at radius 1 is 0.882 bits per heavy atom. The molecule has 0 saturated heterocycles. The molecule has 2 nitrogen and oxygen atoms in total. The lowest BCUT2D eigenvalue weighted by molar-refractivity contribution is 0.239. The summed E-state index contributed by atoms with van der Waals surface area (Å²) >= 11 is 0. The molecule has 0 fully saturated rings. The summed E-state index contributed by atoms with van der Waals surface area (Å²) < 4.78 is 0. The zero-order valence-electron chi connectivity index (χ0n) is 12.2. The van der Waals surface area contributed by atoms with Crippen LogP contribution in [0.25, 0.3) is 0 Å². The molecule has 0 bridgehead atoms. The third-order valence-corrected chi connectivity index (χ3v) is 3.06. The number of nitriles is 1. The van der Waals surface area contributed by atoms with E-state index in [4.69, 9.17) is 5.26 Å².